The predicted molar refractivity (Wildman–Crippen MR) is 86.1 cm³/mol. The van der Waals surface area contributed by atoms with E-state index in [-0.39, 0.29) is 11.5 Å². The Kier molecular flexibility index (Phi) is 4.24. The van der Waals surface area contributed by atoms with Crippen molar-refractivity contribution in [2.24, 2.45) is 0 Å². The standard InChI is InChI=1S/C17H13FN4O/c18-12-6-8-14(9-7-12)22-17(23)15-10-20-16(11-19-15)21-13-4-2-1-3-5-13/h1-11H,(H,20,21)(H,22,23). The van der Waals surface area contributed by atoms with Gasteiger partial charge in [0.1, 0.15) is 17.3 Å². The van der Waals surface area contributed by atoms with Crippen molar-refractivity contribution in [1.29, 1.82) is 0 Å². The van der Waals surface area contributed by atoms with Gasteiger partial charge >= 0.3 is 0 Å². The Bertz CT molecular complexity index is 789. The minimum Gasteiger partial charge on any atom is -0.339 e. The summed E-state index contributed by atoms with van der Waals surface area (Å²) < 4.78 is 12.8. The Morgan fingerprint density at radius 2 is 1.61 bits per heavy atom. The van der Waals surface area contributed by atoms with Gasteiger partial charge in [0.15, 0.2) is 0 Å². The van der Waals surface area contributed by atoms with E-state index < -0.39 is 5.91 Å². The van der Waals surface area contributed by atoms with E-state index in [0.717, 1.165) is 5.69 Å². The van der Waals surface area contributed by atoms with Crippen molar-refractivity contribution >= 4 is 23.1 Å². The Balaban J connectivity index is 1.66. The molecule has 23 heavy (non-hydrogen) atoms. The summed E-state index contributed by atoms with van der Waals surface area (Å²) in [5, 5.41) is 5.71. The molecule has 0 aliphatic heterocycles. The fourth-order valence-electron chi connectivity index (χ4n) is 1.91. The molecule has 0 fully saturated rings. The highest BCUT2D eigenvalue weighted by Crippen LogP contribution is 2.13. The predicted octanol–water partition coefficient (Wildman–Crippen LogP) is 3.61. The number of nitrogens with one attached hydrogen (secondary N) is 2. The first kappa shape index (κ1) is 14.6. The lowest BCUT2D eigenvalue weighted by Crippen LogP contribution is -2.14. The summed E-state index contributed by atoms with van der Waals surface area (Å²) in [4.78, 5) is 20.3. The van der Waals surface area contributed by atoms with Gasteiger partial charge in [-0.15, -0.1) is 0 Å². The molecule has 0 bridgehead atoms. The monoisotopic (exact) mass is 308 g/mol. The van der Waals surface area contributed by atoms with Crippen molar-refractivity contribution in [1.82, 2.24) is 9.97 Å². The average Bonchev–Trinajstić information content (AvgIpc) is 2.58. The number of halogens is 1. The zero-order chi connectivity index (χ0) is 16.1. The Hall–Kier alpha value is -3.28. The number of benzene rings is 2. The zero-order valence-corrected chi connectivity index (χ0v) is 12.0. The van der Waals surface area contributed by atoms with Crippen LogP contribution >= 0.6 is 0 Å². The largest absolute Gasteiger partial charge is 0.339 e. The van der Waals surface area contributed by atoms with Gasteiger partial charge in [-0.05, 0) is 36.4 Å². The van der Waals surface area contributed by atoms with Gasteiger partial charge in [-0.3, -0.25) is 4.79 Å². The molecule has 0 saturated heterocycles. The molecule has 0 saturated carbocycles. The van der Waals surface area contributed by atoms with Crippen LogP contribution in [0.5, 0.6) is 0 Å². The van der Waals surface area contributed by atoms with Crippen LogP contribution in [0, 0.1) is 5.82 Å². The van der Waals surface area contributed by atoms with Crippen molar-refractivity contribution in [2.75, 3.05) is 10.6 Å². The minimum absolute atomic E-state index is 0.174. The molecule has 1 amide bonds. The summed E-state index contributed by atoms with van der Waals surface area (Å²) in [6.07, 6.45) is 2.86. The van der Waals surface area contributed by atoms with Crippen LogP contribution in [-0.2, 0) is 0 Å². The molecule has 0 spiro atoms. The topological polar surface area (TPSA) is 66.9 Å². The molecule has 3 rings (SSSR count). The maximum atomic E-state index is 12.8. The highest BCUT2D eigenvalue weighted by atomic mass is 19.1. The Morgan fingerprint density at radius 1 is 0.870 bits per heavy atom. The number of carbonyl (C=O) groups excluding carboxylic acids is 1. The number of nitrogens with zero attached hydrogens (tertiary/aromatic N) is 2. The fourth-order valence-corrected chi connectivity index (χ4v) is 1.91. The molecule has 6 heteroatoms. The Morgan fingerprint density at radius 3 is 2.26 bits per heavy atom. The third kappa shape index (κ3) is 3.88. The average molecular weight is 308 g/mol. The molecule has 1 heterocycles. The molecule has 0 aliphatic rings. The zero-order valence-electron chi connectivity index (χ0n) is 12.0. The van der Waals surface area contributed by atoms with E-state index in [1.165, 1.54) is 36.7 Å². The highest BCUT2D eigenvalue weighted by molar-refractivity contribution is 6.02. The lowest BCUT2D eigenvalue weighted by Gasteiger charge is -2.06. The van der Waals surface area contributed by atoms with E-state index in [9.17, 15) is 9.18 Å². The van der Waals surface area contributed by atoms with Gasteiger partial charge in [0, 0.05) is 11.4 Å². The third-order valence-electron chi connectivity index (χ3n) is 3.03. The van der Waals surface area contributed by atoms with Crippen LogP contribution < -0.4 is 10.6 Å². The van der Waals surface area contributed by atoms with Gasteiger partial charge in [-0.2, -0.15) is 0 Å². The molecular weight excluding hydrogens is 295 g/mol. The van der Waals surface area contributed by atoms with Crippen molar-refractivity contribution in [3.8, 4) is 0 Å². The number of amides is 1. The maximum absolute atomic E-state index is 12.8. The summed E-state index contributed by atoms with van der Waals surface area (Å²) in [6, 6.07) is 15.0. The number of hydrogen-bond acceptors (Lipinski definition) is 4. The van der Waals surface area contributed by atoms with Crippen LogP contribution in [0.25, 0.3) is 0 Å². The molecule has 5 nitrogen and oxygen atoms in total. The summed E-state index contributed by atoms with van der Waals surface area (Å²) >= 11 is 0. The van der Waals surface area contributed by atoms with E-state index in [1.54, 1.807) is 0 Å². The first-order valence-electron chi connectivity index (χ1n) is 6.92. The van der Waals surface area contributed by atoms with Crippen LogP contribution in [0.4, 0.5) is 21.6 Å². The minimum atomic E-state index is -0.407. The molecule has 0 atom stereocenters. The second-order valence-corrected chi connectivity index (χ2v) is 4.74. The van der Waals surface area contributed by atoms with Crippen LogP contribution in [0.3, 0.4) is 0 Å². The van der Waals surface area contributed by atoms with Crippen molar-refractivity contribution in [3.63, 3.8) is 0 Å². The highest BCUT2D eigenvalue weighted by Gasteiger charge is 2.08. The number of rotatable bonds is 4. The van der Waals surface area contributed by atoms with E-state index in [2.05, 4.69) is 20.6 Å². The molecule has 3 aromatic rings. The molecular formula is C17H13FN4O. The van der Waals surface area contributed by atoms with E-state index in [4.69, 9.17) is 0 Å². The first-order valence-corrected chi connectivity index (χ1v) is 6.92. The lowest BCUT2D eigenvalue weighted by atomic mass is 10.3. The van der Waals surface area contributed by atoms with E-state index >= 15 is 0 Å². The van der Waals surface area contributed by atoms with E-state index in [1.807, 2.05) is 30.3 Å². The normalized spacial score (nSPS) is 10.1. The van der Waals surface area contributed by atoms with Crippen molar-refractivity contribution < 1.29 is 9.18 Å². The van der Waals surface area contributed by atoms with Crippen molar-refractivity contribution in [3.05, 3.63) is 78.5 Å². The van der Waals surface area contributed by atoms with Gasteiger partial charge in [0.25, 0.3) is 5.91 Å². The number of hydrogen-bond donors (Lipinski definition) is 2. The van der Waals surface area contributed by atoms with Gasteiger partial charge in [-0.1, -0.05) is 18.2 Å². The van der Waals surface area contributed by atoms with Gasteiger partial charge in [0.2, 0.25) is 0 Å². The van der Waals surface area contributed by atoms with Crippen LogP contribution in [-0.4, -0.2) is 15.9 Å². The molecule has 114 valence electrons. The van der Waals surface area contributed by atoms with Gasteiger partial charge in [0.05, 0.1) is 12.4 Å². The summed E-state index contributed by atoms with van der Waals surface area (Å²) in [5.74, 6) is -0.232. The molecule has 0 radical (unpaired) electrons. The number of carbonyl (C=O) groups is 1. The first-order chi connectivity index (χ1) is 11.2. The summed E-state index contributed by atoms with van der Waals surface area (Å²) in [7, 11) is 0. The van der Waals surface area contributed by atoms with Crippen LogP contribution in [0.15, 0.2) is 67.0 Å². The second kappa shape index (κ2) is 6.65. The van der Waals surface area contributed by atoms with E-state index in [0.29, 0.717) is 11.5 Å². The molecule has 1 aromatic heterocycles. The molecule has 0 unspecified atom stereocenters. The smallest absolute Gasteiger partial charge is 0.275 e. The summed E-state index contributed by atoms with van der Waals surface area (Å²) in [5.41, 5.74) is 1.54. The Labute approximate surface area is 132 Å². The van der Waals surface area contributed by atoms with Crippen LogP contribution in [0.2, 0.25) is 0 Å². The van der Waals surface area contributed by atoms with Gasteiger partial charge < -0.3 is 10.6 Å². The van der Waals surface area contributed by atoms with Gasteiger partial charge in [-0.25, -0.2) is 14.4 Å². The second-order valence-electron chi connectivity index (χ2n) is 4.74. The molecule has 0 aliphatic carbocycles. The SMILES string of the molecule is O=C(Nc1ccc(F)cc1)c1cnc(Nc2ccccc2)cn1. The quantitative estimate of drug-likeness (QED) is 0.772. The van der Waals surface area contributed by atoms with Crippen LogP contribution in [0.1, 0.15) is 10.5 Å². The third-order valence-corrected chi connectivity index (χ3v) is 3.03. The number of aromatic nitrogens is 2. The molecule has 2 aromatic carbocycles. The fraction of sp³-hybridized carbons (Fsp3) is 0. The number of para-hydroxylation sites is 1. The molecule has 2 N–H and O–H groups in total. The van der Waals surface area contributed by atoms with Crippen molar-refractivity contribution in [2.45, 2.75) is 0 Å². The lowest BCUT2D eigenvalue weighted by molar-refractivity contribution is 0.102. The maximum Gasteiger partial charge on any atom is 0.275 e. The number of anilines is 3. The summed E-state index contributed by atoms with van der Waals surface area (Å²) in [6.45, 7) is 0.